The molecular weight excluding hydrogens is 364 g/mol. The van der Waals surface area contributed by atoms with Crippen LogP contribution < -0.4 is 4.74 Å². The fourth-order valence-corrected chi connectivity index (χ4v) is 3.72. The van der Waals surface area contributed by atoms with Crippen LogP contribution in [0.2, 0.25) is 0 Å². The Balaban J connectivity index is 1.46. The quantitative estimate of drug-likeness (QED) is 0.677. The Morgan fingerprint density at radius 1 is 1.00 bits per heavy atom. The second kappa shape index (κ2) is 9.70. The number of ketones is 1. The van der Waals surface area contributed by atoms with Gasteiger partial charge >= 0.3 is 0 Å². The van der Waals surface area contributed by atoms with Gasteiger partial charge in [0.2, 0.25) is 5.91 Å². The van der Waals surface area contributed by atoms with Crippen LogP contribution in [0.25, 0.3) is 0 Å². The van der Waals surface area contributed by atoms with Crippen LogP contribution in [0.4, 0.5) is 0 Å². The molecule has 3 rings (SSSR count). The third-order valence-electron chi connectivity index (χ3n) is 5.55. The van der Waals surface area contributed by atoms with Crippen LogP contribution in [0.3, 0.4) is 0 Å². The molecule has 1 aliphatic rings. The molecule has 0 atom stereocenters. The summed E-state index contributed by atoms with van der Waals surface area (Å²) >= 11 is 0. The summed E-state index contributed by atoms with van der Waals surface area (Å²) in [5.41, 5.74) is 4.04. The molecule has 154 valence electrons. The Morgan fingerprint density at radius 2 is 1.76 bits per heavy atom. The number of carbonyl (C=O) groups is 2. The van der Waals surface area contributed by atoms with Gasteiger partial charge in [-0.15, -0.1) is 0 Å². The van der Waals surface area contributed by atoms with Crippen LogP contribution in [-0.2, 0) is 11.2 Å². The number of Topliss-reactive ketones (excluding diaryl/α,β-unsaturated/α-hetero) is 1. The number of amides is 1. The van der Waals surface area contributed by atoms with E-state index in [-0.39, 0.29) is 11.7 Å². The summed E-state index contributed by atoms with van der Waals surface area (Å²) < 4.78 is 5.24. The van der Waals surface area contributed by atoms with Crippen molar-refractivity contribution >= 4 is 11.7 Å². The lowest BCUT2D eigenvalue weighted by Crippen LogP contribution is -2.50. The minimum absolute atomic E-state index is 0.156. The van der Waals surface area contributed by atoms with Crippen molar-refractivity contribution in [2.24, 2.45) is 0 Å². The number of aryl methyl sites for hydroxylation is 3. The molecule has 1 amide bonds. The van der Waals surface area contributed by atoms with E-state index in [4.69, 9.17) is 4.74 Å². The number of piperazine rings is 1. The molecule has 1 saturated heterocycles. The monoisotopic (exact) mass is 394 g/mol. The van der Waals surface area contributed by atoms with Gasteiger partial charge in [-0.1, -0.05) is 29.8 Å². The molecule has 5 heteroatoms. The molecule has 2 aromatic rings. The summed E-state index contributed by atoms with van der Waals surface area (Å²) in [6.45, 7) is 7.23. The summed E-state index contributed by atoms with van der Waals surface area (Å²) in [6, 6.07) is 13.9. The van der Waals surface area contributed by atoms with Gasteiger partial charge in [0.25, 0.3) is 0 Å². The van der Waals surface area contributed by atoms with Crippen molar-refractivity contribution in [1.82, 2.24) is 9.80 Å². The number of nitrogens with zero attached hydrogens (tertiary/aromatic N) is 2. The maximum Gasteiger partial charge on any atom is 0.222 e. The summed E-state index contributed by atoms with van der Waals surface area (Å²) in [7, 11) is 1.65. The minimum atomic E-state index is 0.156. The SMILES string of the molecule is COc1cccc(CCC(=O)N2CCN(CC(=O)c3cc(C)ccc3C)CC2)c1. The molecule has 0 saturated carbocycles. The average molecular weight is 395 g/mol. The summed E-state index contributed by atoms with van der Waals surface area (Å²) in [4.78, 5) is 29.3. The zero-order valence-electron chi connectivity index (χ0n) is 17.6. The predicted molar refractivity (Wildman–Crippen MR) is 115 cm³/mol. The van der Waals surface area contributed by atoms with E-state index in [1.54, 1.807) is 7.11 Å². The van der Waals surface area contributed by atoms with E-state index in [1.807, 2.05) is 61.2 Å². The maximum atomic E-state index is 12.7. The van der Waals surface area contributed by atoms with Gasteiger partial charge in [0.05, 0.1) is 13.7 Å². The first-order valence-corrected chi connectivity index (χ1v) is 10.2. The lowest BCUT2D eigenvalue weighted by molar-refractivity contribution is -0.132. The Bertz CT molecular complexity index is 870. The van der Waals surface area contributed by atoms with Crippen molar-refractivity contribution in [3.05, 3.63) is 64.7 Å². The number of hydrogen-bond acceptors (Lipinski definition) is 4. The first kappa shape index (κ1) is 21.1. The smallest absolute Gasteiger partial charge is 0.222 e. The van der Waals surface area contributed by atoms with Crippen LogP contribution in [-0.4, -0.2) is 61.3 Å². The second-order valence-corrected chi connectivity index (χ2v) is 7.75. The van der Waals surface area contributed by atoms with Crippen LogP contribution in [0.15, 0.2) is 42.5 Å². The van der Waals surface area contributed by atoms with Crippen LogP contribution >= 0.6 is 0 Å². The van der Waals surface area contributed by atoms with Crippen LogP contribution in [0.5, 0.6) is 5.75 Å². The third kappa shape index (κ3) is 5.67. The van der Waals surface area contributed by atoms with Gasteiger partial charge in [-0.05, 0) is 49.6 Å². The van der Waals surface area contributed by atoms with E-state index in [0.717, 1.165) is 41.1 Å². The third-order valence-corrected chi connectivity index (χ3v) is 5.55. The average Bonchev–Trinajstić information content (AvgIpc) is 2.74. The number of ether oxygens (including phenoxy) is 1. The molecule has 0 bridgehead atoms. The Hall–Kier alpha value is -2.66. The molecule has 0 spiro atoms. The first-order chi connectivity index (χ1) is 14.0. The van der Waals surface area contributed by atoms with E-state index in [9.17, 15) is 9.59 Å². The van der Waals surface area contributed by atoms with E-state index >= 15 is 0 Å². The van der Waals surface area contributed by atoms with Crippen molar-refractivity contribution in [2.75, 3.05) is 39.8 Å². The Morgan fingerprint density at radius 3 is 2.48 bits per heavy atom. The van der Waals surface area contributed by atoms with Gasteiger partial charge in [0.1, 0.15) is 5.75 Å². The van der Waals surface area contributed by atoms with Gasteiger partial charge < -0.3 is 9.64 Å². The van der Waals surface area contributed by atoms with Gasteiger partial charge in [0, 0.05) is 38.2 Å². The molecule has 1 aliphatic heterocycles. The molecule has 0 unspecified atom stereocenters. The highest BCUT2D eigenvalue weighted by atomic mass is 16.5. The lowest BCUT2D eigenvalue weighted by Gasteiger charge is -2.34. The van der Waals surface area contributed by atoms with E-state index in [0.29, 0.717) is 32.5 Å². The van der Waals surface area contributed by atoms with Crippen molar-refractivity contribution in [2.45, 2.75) is 26.7 Å². The standard InChI is InChI=1S/C24H30N2O3/c1-18-7-8-19(2)22(15-18)23(27)17-25-11-13-26(14-12-25)24(28)10-9-20-5-4-6-21(16-20)29-3/h4-8,15-16H,9-14,17H2,1-3H3. The van der Waals surface area contributed by atoms with Gasteiger partial charge in [-0.3, -0.25) is 14.5 Å². The van der Waals surface area contributed by atoms with Crippen molar-refractivity contribution < 1.29 is 14.3 Å². The largest absolute Gasteiger partial charge is 0.497 e. The van der Waals surface area contributed by atoms with Crippen molar-refractivity contribution in [3.63, 3.8) is 0 Å². The number of benzene rings is 2. The fraction of sp³-hybridized carbons (Fsp3) is 0.417. The van der Waals surface area contributed by atoms with Crippen LogP contribution in [0.1, 0.15) is 33.5 Å². The molecular formula is C24H30N2O3. The lowest BCUT2D eigenvalue weighted by atomic mass is 10.0. The van der Waals surface area contributed by atoms with E-state index in [2.05, 4.69) is 4.90 Å². The highest BCUT2D eigenvalue weighted by molar-refractivity contribution is 5.99. The topological polar surface area (TPSA) is 49.9 Å². The number of methoxy groups -OCH3 is 1. The Kier molecular flexibility index (Phi) is 7.04. The molecule has 2 aromatic carbocycles. The van der Waals surface area contributed by atoms with Gasteiger partial charge in [-0.2, -0.15) is 0 Å². The molecule has 0 aromatic heterocycles. The molecule has 1 heterocycles. The normalized spacial score (nSPS) is 14.7. The molecule has 0 aliphatic carbocycles. The highest BCUT2D eigenvalue weighted by Gasteiger charge is 2.23. The first-order valence-electron chi connectivity index (χ1n) is 10.2. The maximum absolute atomic E-state index is 12.7. The molecule has 5 nitrogen and oxygen atoms in total. The molecule has 0 N–H and O–H groups in total. The number of hydrogen-bond donors (Lipinski definition) is 0. The fourth-order valence-electron chi connectivity index (χ4n) is 3.72. The minimum Gasteiger partial charge on any atom is -0.497 e. The summed E-state index contributed by atoms with van der Waals surface area (Å²) in [5, 5.41) is 0. The van der Waals surface area contributed by atoms with Crippen LogP contribution in [0, 0.1) is 13.8 Å². The number of carbonyl (C=O) groups excluding carboxylic acids is 2. The van der Waals surface area contributed by atoms with Gasteiger partial charge in [-0.25, -0.2) is 0 Å². The zero-order chi connectivity index (χ0) is 20.8. The van der Waals surface area contributed by atoms with E-state index < -0.39 is 0 Å². The Labute approximate surface area is 173 Å². The van der Waals surface area contributed by atoms with Crippen molar-refractivity contribution in [3.8, 4) is 5.75 Å². The molecule has 29 heavy (non-hydrogen) atoms. The highest BCUT2D eigenvalue weighted by Crippen LogP contribution is 2.16. The summed E-state index contributed by atoms with van der Waals surface area (Å²) in [5.74, 6) is 1.15. The number of rotatable bonds is 7. The molecule has 1 fully saturated rings. The second-order valence-electron chi connectivity index (χ2n) is 7.75. The molecule has 0 radical (unpaired) electrons. The van der Waals surface area contributed by atoms with Gasteiger partial charge in [0.15, 0.2) is 5.78 Å². The zero-order valence-corrected chi connectivity index (χ0v) is 17.6. The predicted octanol–water partition coefficient (Wildman–Crippen LogP) is 3.27. The van der Waals surface area contributed by atoms with Crippen molar-refractivity contribution in [1.29, 1.82) is 0 Å². The summed E-state index contributed by atoms with van der Waals surface area (Å²) in [6.07, 6.45) is 1.20. The van der Waals surface area contributed by atoms with E-state index in [1.165, 1.54) is 0 Å².